The van der Waals surface area contributed by atoms with E-state index in [-0.39, 0.29) is 18.8 Å². The average Bonchev–Trinajstić information content (AvgIpc) is 3.39. The Bertz CT molecular complexity index is 1220. The number of thiazole rings is 1. The molecule has 2 N–H and O–H groups in total. The lowest BCUT2D eigenvalue weighted by Gasteiger charge is -2.15. The first-order valence-electron chi connectivity index (χ1n) is 9.12. The molecule has 1 aliphatic rings. The molecule has 4 aromatic rings. The summed E-state index contributed by atoms with van der Waals surface area (Å²) in [5, 5.41) is 15.5. The van der Waals surface area contributed by atoms with Crippen molar-refractivity contribution in [3.63, 3.8) is 0 Å². The average molecular weight is 404 g/mol. The number of ketones is 1. The molecule has 5 rings (SSSR count). The lowest BCUT2D eigenvalue weighted by Crippen LogP contribution is -2.14. The molecular formula is C21H16N4O3S. The van der Waals surface area contributed by atoms with Gasteiger partial charge in [-0.25, -0.2) is 9.98 Å². The molecule has 0 aliphatic carbocycles. The number of aliphatic hydroxyl groups excluding tert-OH is 1. The van der Waals surface area contributed by atoms with Gasteiger partial charge in [-0.1, -0.05) is 18.2 Å². The van der Waals surface area contributed by atoms with Gasteiger partial charge in [0, 0.05) is 29.1 Å². The van der Waals surface area contributed by atoms with E-state index >= 15 is 0 Å². The predicted octanol–water partition coefficient (Wildman–Crippen LogP) is 4.06. The van der Waals surface area contributed by atoms with Gasteiger partial charge in [-0.2, -0.15) is 0 Å². The third-order valence-electron chi connectivity index (χ3n) is 4.64. The number of furan rings is 1. The Morgan fingerprint density at radius 2 is 2.14 bits per heavy atom. The van der Waals surface area contributed by atoms with E-state index in [1.54, 1.807) is 12.3 Å². The number of nitrogens with one attached hydrogen (secondary N) is 1. The molecule has 29 heavy (non-hydrogen) atoms. The van der Waals surface area contributed by atoms with Gasteiger partial charge in [0.25, 0.3) is 0 Å². The van der Waals surface area contributed by atoms with Gasteiger partial charge in [0.2, 0.25) is 0 Å². The van der Waals surface area contributed by atoms with E-state index in [2.05, 4.69) is 15.3 Å². The molecule has 0 radical (unpaired) electrons. The van der Waals surface area contributed by atoms with Gasteiger partial charge in [-0.05, 0) is 18.2 Å². The molecule has 3 aromatic heterocycles. The second-order valence-electron chi connectivity index (χ2n) is 6.55. The van der Waals surface area contributed by atoms with Gasteiger partial charge in [0.05, 0.1) is 18.7 Å². The molecule has 0 saturated heterocycles. The Balaban J connectivity index is 1.59. The third-order valence-corrected chi connectivity index (χ3v) is 5.44. The van der Waals surface area contributed by atoms with Crippen molar-refractivity contribution < 1.29 is 14.3 Å². The van der Waals surface area contributed by atoms with E-state index in [9.17, 15) is 4.79 Å². The van der Waals surface area contributed by atoms with Gasteiger partial charge in [0.15, 0.2) is 10.9 Å². The van der Waals surface area contributed by atoms with E-state index in [0.29, 0.717) is 45.8 Å². The highest BCUT2D eigenvalue weighted by molar-refractivity contribution is 7.14. The number of Topliss-reactive ketones (excluding diaryl/α,β-unsaturated/α-hetero) is 1. The molecule has 0 spiro atoms. The van der Waals surface area contributed by atoms with Crippen molar-refractivity contribution in [1.82, 2.24) is 9.97 Å². The fourth-order valence-electron chi connectivity index (χ4n) is 3.29. The van der Waals surface area contributed by atoms with Crippen LogP contribution in [0.4, 0.5) is 10.8 Å². The summed E-state index contributed by atoms with van der Waals surface area (Å²) in [5.74, 6) is 0.562. The number of rotatable bonds is 5. The summed E-state index contributed by atoms with van der Waals surface area (Å²) in [5.41, 5.74) is 3.58. The van der Waals surface area contributed by atoms with Crippen LogP contribution >= 0.6 is 11.3 Å². The first-order chi connectivity index (χ1) is 14.2. The number of nitrogens with zero attached hydrogens (tertiary/aromatic N) is 3. The zero-order valence-electron chi connectivity index (χ0n) is 15.3. The van der Waals surface area contributed by atoms with Crippen molar-refractivity contribution in [2.45, 2.75) is 6.42 Å². The standard InChI is InChI=1S/C21H16N4O3S/c26-8-7-23-21-25-15(11-29-21)20-19-13(5-6-22-20)16(27)10-14(24-19)18-9-12-3-1-2-4-17(12)28-18/h1-6,9,11,26H,7-8,10H2,(H,23,25). The normalized spacial score (nSPS) is 13.4. The number of hydrogen-bond acceptors (Lipinski definition) is 8. The van der Waals surface area contributed by atoms with E-state index in [1.165, 1.54) is 11.3 Å². The van der Waals surface area contributed by atoms with Crippen LogP contribution < -0.4 is 5.32 Å². The number of carbonyl (C=O) groups is 1. The minimum atomic E-state index is -0.0250. The largest absolute Gasteiger partial charge is 0.455 e. The molecule has 0 bridgehead atoms. The summed E-state index contributed by atoms with van der Waals surface area (Å²) in [4.78, 5) is 26.5. The van der Waals surface area contributed by atoms with Crippen LogP contribution in [0.2, 0.25) is 0 Å². The van der Waals surface area contributed by atoms with Crippen LogP contribution in [0.15, 0.2) is 57.4 Å². The first-order valence-corrected chi connectivity index (χ1v) is 10.0. The summed E-state index contributed by atoms with van der Waals surface area (Å²) in [6.07, 6.45) is 1.78. The molecule has 0 amide bonds. The van der Waals surface area contributed by atoms with E-state index in [0.717, 1.165) is 11.0 Å². The van der Waals surface area contributed by atoms with Crippen molar-refractivity contribution in [1.29, 1.82) is 0 Å². The summed E-state index contributed by atoms with van der Waals surface area (Å²) < 4.78 is 5.91. The van der Waals surface area contributed by atoms with Gasteiger partial charge in [-0.15, -0.1) is 11.3 Å². The molecule has 0 saturated carbocycles. The van der Waals surface area contributed by atoms with Gasteiger partial charge in [-0.3, -0.25) is 9.78 Å². The third kappa shape index (κ3) is 3.22. The highest BCUT2D eigenvalue weighted by Gasteiger charge is 2.26. The van der Waals surface area contributed by atoms with Gasteiger partial charge < -0.3 is 14.8 Å². The number of aliphatic hydroxyl groups is 1. The number of para-hydroxylation sites is 1. The van der Waals surface area contributed by atoms with Crippen molar-refractivity contribution >= 4 is 44.6 Å². The van der Waals surface area contributed by atoms with Crippen LogP contribution in [-0.2, 0) is 0 Å². The number of anilines is 1. The number of fused-ring (bicyclic) bond motifs is 2. The second-order valence-corrected chi connectivity index (χ2v) is 7.41. The Morgan fingerprint density at radius 3 is 3.00 bits per heavy atom. The molecule has 1 aliphatic heterocycles. The van der Waals surface area contributed by atoms with E-state index in [4.69, 9.17) is 14.5 Å². The molecular weight excluding hydrogens is 388 g/mol. The number of benzene rings is 1. The molecule has 0 atom stereocenters. The predicted molar refractivity (Wildman–Crippen MR) is 112 cm³/mol. The Labute approximate surface area is 169 Å². The Hall–Kier alpha value is -3.36. The molecule has 7 nitrogen and oxygen atoms in total. The van der Waals surface area contributed by atoms with Crippen molar-refractivity contribution in [3.05, 3.63) is 59.3 Å². The molecule has 0 unspecified atom stereocenters. The van der Waals surface area contributed by atoms with Crippen LogP contribution in [0.1, 0.15) is 22.5 Å². The highest BCUT2D eigenvalue weighted by atomic mass is 32.1. The smallest absolute Gasteiger partial charge is 0.183 e. The monoisotopic (exact) mass is 404 g/mol. The number of pyridine rings is 1. The highest BCUT2D eigenvalue weighted by Crippen LogP contribution is 2.37. The topological polar surface area (TPSA) is 101 Å². The fourth-order valence-corrected chi connectivity index (χ4v) is 4.02. The first kappa shape index (κ1) is 17.7. The summed E-state index contributed by atoms with van der Waals surface area (Å²) in [6.45, 7) is 0.438. The summed E-state index contributed by atoms with van der Waals surface area (Å²) in [6, 6.07) is 11.3. The van der Waals surface area contributed by atoms with Crippen LogP contribution in [-0.4, -0.2) is 39.7 Å². The quantitative estimate of drug-likeness (QED) is 0.520. The number of aliphatic imine (C=N–C) groups is 1. The number of carbonyl (C=O) groups excluding carboxylic acids is 1. The SMILES string of the molecule is O=C1CC(c2cc3ccccc3o2)=Nc2c1ccnc2-c1csc(NCCO)n1. The zero-order valence-corrected chi connectivity index (χ0v) is 16.1. The maximum absolute atomic E-state index is 12.8. The van der Waals surface area contributed by atoms with Crippen LogP contribution in [0, 0.1) is 0 Å². The molecule has 8 heteroatoms. The number of hydrogen-bond donors (Lipinski definition) is 2. The minimum Gasteiger partial charge on any atom is -0.455 e. The molecule has 0 fully saturated rings. The van der Waals surface area contributed by atoms with Crippen molar-refractivity contribution in [2.75, 3.05) is 18.5 Å². The maximum Gasteiger partial charge on any atom is 0.183 e. The summed E-state index contributed by atoms with van der Waals surface area (Å²) >= 11 is 1.41. The van der Waals surface area contributed by atoms with Crippen molar-refractivity contribution in [3.8, 4) is 11.4 Å². The van der Waals surface area contributed by atoms with Crippen molar-refractivity contribution in [2.24, 2.45) is 4.99 Å². The zero-order chi connectivity index (χ0) is 19.8. The molecule has 4 heterocycles. The van der Waals surface area contributed by atoms with Crippen LogP contribution in [0.5, 0.6) is 0 Å². The Kier molecular flexibility index (Phi) is 4.42. The molecule has 1 aromatic carbocycles. The fraction of sp³-hybridized carbons (Fsp3) is 0.143. The van der Waals surface area contributed by atoms with Gasteiger partial charge in [0.1, 0.15) is 28.4 Å². The minimum absolute atomic E-state index is 0.0214. The van der Waals surface area contributed by atoms with Crippen LogP contribution in [0.3, 0.4) is 0 Å². The molecule has 144 valence electrons. The van der Waals surface area contributed by atoms with Crippen LogP contribution in [0.25, 0.3) is 22.4 Å². The Morgan fingerprint density at radius 1 is 1.24 bits per heavy atom. The second kappa shape index (κ2) is 7.23. The maximum atomic E-state index is 12.8. The van der Waals surface area contributed by atoms with E-state index < -0.39 is 0 Å². The van der Waals surface area contributed by atoms with E-state index in [1.807, 2.05) is 35.7 Å². The lowest BCUT2D eigenvalue weighted by atomic mass is 9.98. The van der Waals surface area contributed by atoms with Gasteiger partial charge >= 0.3 is 0 Å². The summed E-state index contributed by atoms with van der Waals surface area (Å²) in [7, 11) is 0. The number of aromatic nitrogens is 2. The lowest BCUT2D eigenvalue weighted by molar-refractivity contribution is 0.0999.